The van der Waals surface area contributed by atoms with Crippen LogP contribution in [0.4, 0.5) is 0 Å². The Morgan fingerprint density at radius 2 is 1.88 bits per heavy atom. The minimum Gasteiger partial charge on any atom is -0.550 e. The third kappa shape index (κ3) is 3.04. The smallest absolute Gasteiger partial charge is 0.242 e. The summed E-state index contributed by atoms with van der Waals surface area (Å²) in [5.74, 6) is -1.27. The summed E-state index contributed by atoms with van der Waals surface area (Å²) in [7, 11) is -2.25. The summed E-state index contributed by atoms with van der Waals surface area (Å²) in [6.45, 7) is -0.0977. The van der Waals surface area contributed by atoms with Crippen molar-refractivity contribution in [2.75, 3.05) is 13.6 Å². The van der Waals surface area contributed by atoms with Gasteiger partial charge in [-0.3, -0.25) is 0 Å². The quantitative estimate of drug-likeness (QED) is 0.694. The molecule has 0 saturated heterocycles. The SMILES string of the molecule is CN(CCC(=O)[O-])S(=O)(=O)c1ccccc1. The molecule has 88 valence electrons. The van der Waals surface area contributed by atoms with Crippen molar-refractivity contribution in [2.24, 2.45) is 0 Å². The first-order valence-electron chi connectivity index (χ1n) is 4.66. The number of rotatable bonds is 5. The number of aliphatic carboxylic acids is 1. The van der Waals surface area contributed by atoms with Crippen LogP contribution in [0.2, 0.25) is 0 Å². The van der Waals surface area contributed by atoms with Gasteiger partial charge in [-0.05, 0) is 12.1 Å². The first-order chi connectivity index (χ1) is 7.44. The summed E-state index contributed by atoms with van der Waals surface area (Å²) in [5.41, 5.74) is 0. The van der Waals surface area contributed by atoms with Crippen LogP contribution >= 0.6 is 0 Å². The summed E-state index contributed by atoms with van der Waals surface area (Å²) in [4.78, 5) is 10.4. The van der Waals surface area contributed by atoms with Crippen LogP contribution in [-0.4, -0.2) is 32.3 Å². The summed E-state index contributed by atoms with van der Waals surface area (Å²) in [5, 5.41) is 10.2. The largest absolute Gasteiger partial charge is 0.550 e. The third-order valence-electron chi connectivity index (χ3n) is 2.08. The van der Waals surface area contributed by atoms with E-state index in [1.807, 2.05) is 0 Å². The number of nitrogens with zero attached hydrogens (tertiary/aromatic N) is 1. The van der Waals surface area contributed by atoms with Gasteiger partial charge in [0.25, 0.3) is 0 Å². The molecular weight excluding hydrogens is 230 g/mol. The molecule has 0 amide bonds. The summed E-state index contributed by atoms with van der Waals surface area (Å²) in [6, 6.07) is 7.86. The van der Waals surface area contributed by atoms with E-state index in [0.717, 1.165) is 4.31 Å². The lowest BCUT2D eigenvalue weighted by Gasteiger charge is -2.17. The van der Waals surface area contributed by atoms with E-state index in [1.165, 1.54) is 19.2 Å². The van der Waals surface area contributed by atoms with E-state index in [4.69, 9.17) is 0 Å². The zero-order chi connectivity index (χ0) is 12.2. The Kier molecular flexibility index (Phi) is 4.03. The van der Waals surface area contributed by atoms with Crippen LogP contribution in [0, 0.1) is 0 Å². The van der Waals surface area contributed by atoms with E-state index in [0.29, 0.717) is 0 Å². The molecule has 0 saturated carbocycles. The van der Waals surface area contributed by atoms with Crippen molar-refractivity contribution in [3.05, 3.63) is 30.3 Å². The molecule has 0 aromatic heterocycles. The highest BCUT2D eigenvalue weighted by molar-refractivity contribution is 7.89. The van der Waals surface area contributed by atoms with E-state index >= 15 is 0 Å². The van der Waals surface area contributed by atoms with Crippen LogP contribution in [0.1, 0.15) is 6.42 Å². The van der Waals surface area contributed by atoms with Gasteiger partial charge in [0.15, 0.2) is 0 Å². The zero-order valence-electron chi connectivity index (χ0n) is 8.79. The molecular formula is C10H12NO4S-. The number of hydrogen-bond acceptors (Lipinski definition) is 4. The molecule has 0 N–H and O–H groups in total. The lowest BCUT2D eigenvalue weighted by atomic mass is 10.4. The normalized spacial score (nSPS) is 11.6. The third-order valence-corrected chi connectivity index (χ3v) is 3.95. The fraction of sp³-hybridized carbons (Fsp3) is 0.300. The topological polar surface area (TPSA) is 77.5 Å². The zero-order valence-corrected chi connectivity index (χ0v) is 9.61. The molecule has 0 spiro atoms. The van der Waals surface area contributed by atoms with Crippen molar-refractivity contribution in [1.82, 2.24) is 4.31 Å². The molecule has 0 unspecified atom stereocenters. The Labute approximate surface area is 94.4 Å². The van der Waals surface area contributed by atoms with Gasteiger partial charge in [0.1, 0.15) is 0 Å². The number of carbonyl (C=O) groups is 1. The van der Waals surface area contributed by atoms with Gasteiger partial charge in [-0.25, -0.2) is 12.7 Å². The fourth-order valence-corrected chi connectivity index (χ4v) is 2.33. The molecule has 0 aliphatic rings. The molecule has 0 heterocycles. The van der Waals surface area contributed by atoms with Crippen molar-refractivity contribution in [3.8, 4) is 0 Å². The van der Waals surface area contributed by atoms with Crippen LogP contribution in [0.15, 0.2) is 35.2 Å². The van der Waals surface area contributed by atoms with E-state index in [1.54, 1.807) is 18.2 Å². The van der Waals surface area contributed by atoms with Crippen LogP contribution in [0.3, 0.4) is 0 Å². The van der Waals surface area contributed by atoms with E-state index in [-0.39, 0.29) is 17.9 Å². The molecule has 1 aromatic carbocycles. The van der Waals surface area contributed by atoms with E-state index in [2.05, 4.69) is 0 Å². The highest BCUT2D eigenvalue weighted by atomic mass is 32.2. The van der Waals surface area contributed by atoms with Gasteiger partial charge in [0.05, 0.1) is 4.90 Å². The molecule has 0 aliphatic heterocycles. The molecule has 0 radical (unpaired) electrons. The van der Waals surface area contributed by atoms with E-state index in [9.17, 15) is 18.3 Å². The number of carboxylic acids is 1. The molecule has 6 heteroatoms. The Bertz CT molecular complexity index is 455. The Balaban J connectivity index is 2.82. The second kappa shape index (κ2) is 5.09. The van der Waals surface area contributed by atoms with Gasteiger partial charge < -0.3 is 9.90 Å². The first kappa shape index (κ1) is 12.7. The number of carbonyl (C=O) groups excluding carboxylic acids is 1. The van der Waals surface area contributed by atoms with Gasteiger partial charge in [0, 0.05) is 26.0 Å². The maximum atomic E-state index is 11.9. The average molecular weight is 242 g/mol. The molecule has 0 aliphatic carbocycles. The van der Waals surface area contributed by atoms with Crippen molar-refractivity contribution >= 4 is 16.0 Å². The van der Waals surface area contributed by atoms with Crippen molar-refractivity contribution in [2.45, 2.75) is 11.3 Å². The highest BCUT2D eigenvalue weighted by Crippen LogP contribution is 2.13. The lowest BCUT2D eigenvalue weighted by Crippen LogP contribution is -2.32. The molecule has 0 bridgehead atoms. The molecule has 5 nitrogen and oxygen atoms in total. The van der Waals surface area contributed by atoms with Crippen molar-refractivity contribution < 1.29 is 18.3 Å². The van der Waals surface area contributed by atoms with Crippen LogP contribution in [0.25, 0.3) is 0 Å². The maximum Gasteiger partial charge on any atom is 0.242 e. The fourth-order valence-electron chi connectivity index (χ4n) is 1.14. The standard InChI is InChI=1S/C10H13NO4S/c1-11(8-7-10(12)13)16(14,15)9-5-3-2-4-6-9/h2-6H,7-8H2,1H3,(H,12,13)/p-1. The van der Waals surface area contributed by atoms with Crippen LogP contribution < -0.4 is 5.11 Å². The second-order valence-electron chi connectivity index (χ2n) is 3.26. The van der Waals surface area contributed by atoms with Gasteiger partial charge in [-0.15, -0.1) is 0 Å². The van der Waals surface area contributed by atoms with Crippen LogP contribution in [0.5, 0.6) is 0 Å². The number of sulfonamides is 1. The summed E-state index contributed by atoms with van der Waals surface area (Å²) < 4.78 is 24.7. The molecule has 0 fully saturated rings. The first-order valence-corrected chi connectivity index (χ1v) is 6.10. The highest BCUT2D eigenvalue weighted by Gasteiger charge is 2.19. The molecule has 16 heavy (non-hydrogen) atoms. The average Bonchev–Trinajstić information content (AvgIpc) is 2.27. The predicted molar refractivity (Wildman–Crippen MR) is 55.9 cm³/mol. The number of hydrogen-bond donors (Lipinski definition) is 0. The summed E-state index contributed by atoms with van der Waals surface area (Å²) in [6.07, 6.45) is -0.317. The Hall–Kier alpha value is -1.40. The van der Waals surface area contributed by atoms with Crippen molar-refractivity contribution in [1.29, 1.82) is 0 Å². The van der Waals surface area contributed by atoms with Gasteiger partial charge >= 0.3 is 0 Å². The molecule has 1 rings (SSSR count). The predicted octanol–water partition coefficient (Wildman–Crippen LogP) is -0.553. The van der Waals surface area contributed by atoms with Crippen LogP contribution in [-0.2, 0) is 14.8 Å². The van der Waals surface area contributed by atoms with Gasteiger partial charge in [0.2, 0.25) is 10.0 Å². The maximum absolute atomic E-state index is 11.9. The monoisotopic (exact) mass is 242 g/mol. The number of carboxylic acid groups (broad SMARTS) is 1. The molecule has 0 atom stereocenters. The minimum absolute atomic E-state index is 0.0977. The summed E-state index contributed by atoms with van der Waals surface area (Å²) >= 11 is 0. The van der Waals surface area contributed by atoms with Gasteiger partial charge in [-0.1, -0.05) is 18.2 Å². The van der Waals surface area contributed by atoms with Gasteiger partial charge in [-0.2, -0.15) is 0 Å². The Morgan fingerprint density at radius 1 is 1.31 bits per heavy atom. The molecule has 1 aromatic rings. The van der Waals surface area contributed by atoms with Crippen molar-refractivity contribution in [3.63, 3.8) is 0 Å². The minimum atomic E-state index is -3.59. The number of benzene rings is 1. The second-order valence-corrected chi connectivity index (χ2v) is 5.31. The Morgan fingerprint density at radius 3 is 2.38 bits per heavy atom. The van der Waals surface area contributed by atoms with E-state index < -0.39 is 16.0 Å². The lowest BCUT2D eigenvalue weighted by molar-refractivity contribution is -0.305.